The summed E-state index contributed by atoms with van der Waals surface area (Å²) in [6.07, 6.45) is 0.164. The van der Waals surface area contributed by atoms with Gasteiger partial charge >= 0.3 is 0 Å². The predicted octanol–water partition coefficient (Wildman–Crippen LogP) is 0.499. The highest BCUT2D eigenvalue weighted by Crippen LogP contribution is 2.00. The van der Waals surface area contributed by atoms with Crippen LogP contribution in [0, 0.1) is 5.41 Å². The Balaban J connectivity index is 2.35. The van der Waals surface area contributed by atoms with Crippen LogP contribution in [0.25, 0.3) is 0 Å². The molecule has 0 aliphatic carbocycles. The van der Waals surface area contributed by atoms with Gasteiger partial charge in [0.2, 0.25) is 11.8 Å². The van der Waals surface area contributed by atoms with E-state index < -0.39 is 5.91 Å². The fourth-order valence-electron chi connectivity index (χ4n) is 1.16. The monoisotopic (exact) mass is 251 g/mol. The van der Waals surface area contributed by atoms with Crippen LogP contribution >= 0.6 is 11.8 Å². The molecule has 0 bridgehead atoms. The Kier molecular flexibility index (Phi) is 5.22. The summed E-state index contributed by atoms with van der Waals surface area (Å²) < 4.78 is 0. The van der Waals surface area contributed by atoms with Crippen LogP contribution in [0.3, 0.4) is 0 Å². The van der Waals surface area contributed by atoms with Gasteiger partial charge in [-0.05, 0) is 5.56 Å². The van der Waals surface area contributed by atoms with E-state index in [0.717, 1.165) is 17.3 Å². The molecular weight excluding hydrogens is 238 g/mol. The topological polar surface area (TPSA) is 96.0 Å². The highest BCUT2D eigenvalue weighted by atomic mass is 32.2. The number of imide groups is 1. The van der Waals surface area contributed by atoms with E-state index in [0.29, 0.717) is 0 Å². The van der Waals surface area contributed by atoms with Crippen LogP contribution in [0.5, 0.6) is 0 Å². The lowest BCUT2D eigenvalue weighted by molar-refractivity contribution is -0.128. The van der Waals surface area contributed by atoms with Crippen molar-refractivity contribution < 1.29 is 9.59 Å². The molecule has 0 aliphatic heterocycles. The van der Waals surface area contributed by atoms with E-state index in [4.69, 9.17) is 11.1 Å². The number of rotatable bonds is 4. The fourth-order valence-corrected chi connectivity index (χ4v) is 1.52. The number of nitrogens with one attached hydrogen (secondary N) is 2. The molecule has 1 rings (SSSR count). The smallest absolute Gasteiger partial charge is 0.237 e. The Bertz CT molecular complexity index is 420. The molecule has 0 atom stereocenters. The first-order chi connectivity index (χ1) is 8.08. The third kappa shape index (κ3) is 5.72. The van der Waals surface area contributed by atoms with Crippen molar-refractivity contribution in [1.29, 1.82) is 5.41 Å². The van der Waals surface area contributed by atoms with Crippen LogP contribution < -0.4 is 11.1 Å². The summed E-state index contributed by atoms with van der Waals surface area (Å²) in [7, 11) is 0. The molecule has 1 aromatic rings. The molecule has 90 valence electrons. The summed E-state index contributed by atoms with van der Waals surface area (Å²) in [6.45, 7) is 0. The molecule has 6 heteroatoms. The lowest BCUT2D eigenvalue weighted by Gasteiger charge is -2.03. The maximum absolute atomic E-state index is 11.4. The van der Waals surface area contributed by atoms with Gasteiger partial charge in [-0.25, -0.2) is 0 Å². The second kappa shape index (κ2) is 6.70. The van der Waals surface area contributed by atoms with Crippen LogP contribution in [0.1, 0.15) is 5.56 Å². The summed E-state index contributed by atoms with van der Waals surface area (Å²) in [6, 6.07) is 9.14. The second-order valence-electron chi connectivity index (χ2n) is 3.29. The van der Waals surface area contributed by atoms with E-state index in [1.165, 1.54) is 0 Å². The van der Waals surface area contributed by atoms with Gasteiger partial charge in [0.1, 0.15) is 0 Å². The third-order valence-corrected chi connectivity index (χ3v) is 2.56. The molecule has 0 heterocycles. The van der Waals surface area contributed by atoms with Crippen molar-refractivity contribution in [3.63, 3.8) is 0 Å². The van der Waals surface area contributed by atoms with Gasteiger partial charge in [-0.15, -0.1) is 0 Å². The van der Waals surface area contributed by atoms with Crippen LogP contribution in [0.4, 0.5) is 0 Å². The number of carbonyl (C=O) groups is 2. The maximum Gasteiger partial charge on any atom is 0.237 e. The highest BCUT2D eigenvalue weighted by Gasteiger charge is 2.08. The average molecular weight is 251 g/mol. The van der Waals surface area contributed by atoms with Crippen LogP contribution in [-0.2, 0) is 16.0 Å². The summed E-state index contributed by atoms with van der Waals surface area (Å²) in [4.78, 5) is 22.7. The first-order valence-electron chi connectivity index (χ1n) is 4.91. The molecule has 17 heavy (non-hydrogen) atoms. The van der Waals surface area contributed by atoms with Crippen molar-refractivity contribution in [3.8, 4) is 0 Å². The van der Waals surface area contributed by atoms with Crippen molar-refractivity contribution >= 4 is 28.7 Å². The zero-order valence-electron chi connectivity index (χ0n) is 9.10. The van der Waals surface area contributed by atoms with Gasteiger partial charge in [0.05, 0.1) is 12.2 Å². The van der Waals surface area contributed by atoms with Crippen molar-refractivity contribution in [2.45, 2.75) is 6.42 Å². The summed E-state index contributed by atoms with van der Waals surface area (Å²) in [5, 5.41) is 9.02. The molecule has 0 saturated carbocycles. The van der Waals surface area contributed by atoms with Gasteiger partial charge in [-0.1, -0.05) is 42.1 Å². The molecule has 0 aromatic heterocycles. The van der Waals surface area contributed by atoms with Gasteiger partial charge in [0.15, 0.2) is 5.17 Å². The number of hydrogen-bond acceptors (Lipinski definition) is 4. The van der Waals surface area contributed by atoms with Gasteiger partial charge in [-0.2, -0.15) is 0 Å². The average Bonchev–Trinajstić information content (AvgIpc) is 2.27. The van der Waals surface area contributed by atoms with Gasteiger partial charge in [0, 0.05) is 0 Å². The first-order valence-corrected chi connectivity index (χ1v) is 5.90. The molecule has 0 spiro atoms. The number of hydrogen-bond donors (Lipinski definition) is 3. The Morgan fingerprint density at radius 3 is 2.47 bits per heavy atom. The Morgan fingerprint density at radius 2 is 1.88 bits per heavy atom. The predicted molar refractivity (Wildman–Crippen MR) is 67.7 cm³/mol. The summed E-state index contributed by atoms with van der Waals surface area (Å²) in [5.41, 5.74) is 5.92. The Morgan fingerprint density at radius 1 is 1.24 bits per heavy atom. The fraction of sp³-hybridized carbons (Fsp3) is 0.182. The molecule has 0 fully saturated rings. The molecule has 2 amide bonds. The van der Waals surface area contributed by atoms with Crippen LogP contribution in [-0.4, -0.2) is 22.7 Å². The SMILES string of the molecule is N=C(N)SCC(=O)NC(=O)Cc1ccccc1. The van der Waals surface area contributed by atoms with Gasteiger partial charge in [-0.3, -0.25) is 20.3 Å². The van der Waals surface area contributed by atoms with Crippen LogP contribution in [0.2, 0.25) is 0 Å². The van der Waals surface area contributed by atoms with Crippen molar-refractivity contribution in [2.24, 2.45) is 5.73 Å². The number of nitrogens with two attached hydrogens (primary N) is 1. The zero-order valence-corrected chi connectivity index (χ0v) is 9.92. The van der Waals surface area contributed by atoms with E-state index in [-0.39, 0.29) is 23.2 Å². The number of benzene rings is 1. The molecule has 4 N–H and O–H groups in total. The Hall–Kier alpha value is -1.82. The normalized spacial score (nSPS) is 9.65. The lowest BCUT2D eigenvalue weighted by atomic mass is 10.1. The largest absolute Gasteiger partial charge is 0.379 e. The standard InChI is InChI=1S/C11H13N3O2S/c12-11(13)17-7-10(16)14-9(15)6-8-4-2-1-3-5-8/h1-5H,6-7H2,(H3,12,13)(H,14,15,16). The van der Waals surface area contributed by atoms with E-state index >= 15 is 0 Å². The second-order valence-corrected chi connectivity index (χ2v) is 4.30. The van der Waals surface area contributed by atoms with Gasteiger partial charge in [0.25, 0.3) is 0 Å². The lowest BCUT2D eigenvalue weighted by Crippen LogP contribution is -2.33. The maximum atomic E-state index is 11.4. The van der Waals surface area contributed by atoms with Gasteiger partial charge < -0.3 is 5.73 Å². The minimum absolute atomic E-state index is 0.0180. The number of carbonyl (C=O) groups excluding carboxylic acids is 2. The molecule has 0 saturated heterocycles. The summed E-state index contributed by atoms with van der Waals surface area (Å²) in [5.74, 6) is -0.813. The Labute approximate surface area is 103 Å². The van der Waals surface area contributed by atoms with Crippen molar-refractivity contribution in [3.05, 3.63) is 35.9 Å². The molecule has 1 aromatic carbocycles. The molecule has 0 unspecified atom stereocenters. The minimum Gasteiger partial charge on any atom is -0.379 e. The van der Waals surface area contributed by atoms with Crippen LogP contribution in [0.15, 0.2) is 30.3 Å². The minimum atomic E-state index is -0.439. The first kappa shape index (κ1) is 13.2. The van der Waals surface area contributed by atoms with Crippen molar-refractivity contribution in [2.75, 3.05) is 5.75 Å². The quantitative estimate of drug-likeness (QED) is 0.536. The van der Waals surface area contributed by atoms with Crippen molar-refractivity contribution in [1.82, 2.24) is 5.32 Å². The van der Waals surface area contributed by atoms with E-state index in [1.54, 1.807) is 0 Å². The highest BCUT2D eigenvalue weighted by molar-refractivity contribution is 8.14. The number of amidine groups is 1. The van der Waals surface area contributed by atoms with E-state index in [2.05, 4.69) is 5.32 Å². The summed E-state index contributed by atoms with van der Waals surface area (Å²) >= 11 is 0.884. The molecule has 0 radical (unpaired) electrons. The number of thioether (sulfide) groups is 1. The molecule has 0 aliphatic rings. The van der Waals surface area contributed by atoms with E-state index in [9.17, 15) is 9.59 Å². The third-order valence-electron chi connectivity index (χ3n) is 1.85. The number of amides is 2. The zero-order chi connectivity index (χ0) is 12.7. The van der Waals surface area contributed by atoms with E-state index in [1.807, 2.05) is 30.3 Å². The molecule has 5 nitrogen and oxygen atoms in total. The molecular formula is C11H13N3O2S.